The van der Waals surface area contributed by atoms with Crippen LogP contribution in [0.1, 0.15) is 74.0 Å². The van der Waals surface area contributed by atoms with E-state index in [0.717, 1.165) is 69.9 Å². The van der Waals surface area contributed by atoms with Crippen LogP contribution in [0.2, 0.25) is 0 Å². The van der Waals surface area contributed by atoms with E-state index in [1.54, 1.807) is 6.08 Å². The number of aromatic nitrogens is 4. The zero-order chi connectivity index (χ0) is 31.8. The predicted octanol–water partition coefficient (Wildman–Crippen LogP) is 8.09. The number of hydrogen-bond donors (Lipinski definition) is 0. The van der Waals surface area contributed by atoms with Gasteiger partial charge in [-0.15, -0.1) is 0 Å². The topological polar surface area (TPSA) is 73.1 Å². The van der Waals surface area contributed by atoms with Crippen LogP contribution in [0.3, 0.4) is 0 Å². The first-order valence-electron chi connectivity index (χ1n) is 15.7. The van der Waals surface area contributed by atoms with E-state index in [-0.39, 0.29) is 11.8 Å². The molecule has 1 saturated carbocycles. The van der Waals surface area contributed by atoms with Crippen molar-refractivity contribution in [2.24, 2.45) is 5.92 Å². The number of aryl methyl sites for hydroxylation is 1. The maximum Gasteiger partial charge on any atom is 0.234 e. The van der Waals surface area contributed by atoms with E-state index in [9.17, 15) is 4.79 Å². The molecular formula is C38H43N5O2. The summed E-state index contributed by atoms with van der Waals surface area (Å²) >= 11 is 0. The summed E-state index contributed by atoms with van der Waals surface area (Å²) in [6.07, 6.45) is 13.7. The fourth-order valence-corrected chi connectivity index (χ4v) is 5.82. The Kier molecular flexibility index (Phi) is 10.4. The number of rotatable bonds is 11. The average molecular weight is 602 g/mol. The van der Waals surface area contributed by atoms with Crippen LogP contribution in [0.5, 0.6) is 0 Å². The second-order valence-electron chi connectivity index (χ2n) is 12.0. The number of hydrogen-bond acceptors (Lipinski definition) is 5. The molecule has 0 bridgehead atoms. The molecule has 3 aromatic heterocycles. The smallest absolute Gasteiger partial charge is 0.234 e. The summed E-state index contributed by atoms with van der Waals surface area (Å²) in [6, 6.07) is 18.2. The molecule has 1 aliphatic carbocycles. The lowest BCUT2D eigenvalue weighted by Gasteiger charge is -2.33. The van der Waals surface area contributed by atoms with Gasteiger partial charge in [-0.2, -0.15) is 5.10 Å². The van der Waals surface area contributed by atoms with Crippen molar-refractivity contribution in [3.8, 4) is 0 Å². The minimum Gasteiger partial charge on any atom is -0.493 e. The SMILES string of the molecule is C=C/C=C1\C(=C(/C)OCc2ccccc2)CCCC1C(=O)N(Cc1cnn(Cc2cc(C)ccn2)c1)c1ccc(C(C)C)nc1. The maximum atomic E-state index is 14.6. The lowest BCUT2D eigenvalue weighted by molar-refractivity contribution is -0.121. The number of carbonyl (C=O) groups excluding carboxylic acids is 1. The standard InChI is InChI=1S/C38H43N5O2/c1-6-11-35-34(29(5)45-26-30-12-8-7-9-13-30)14-10-15-36(35)38(44)43(33-16-17-37(27(2)3)40-22-33)24-31-21-41-42(23-31)25-32-20-28(4)18-19-39-32/h6-9,11-13,16-23,27,36H,1,10,14-15,24-26H2,2-5H3/b34-29+,35-11+. The third-order valence-electron chi connectivity index (χ3n) is 8.23. The Labute approximate surface area is 267 Å². The molecule has 0 N–H and O–H groups in total. The highest BCUT2D eigenvalue weighted by Gasteiger charge is 2.34. The van der Waals surface area contributed by atoms with E-state index in [1.807, 2.05) is 83.8 Å². The van der Waals surface area contributed by atoms with Crippen LogP contribution in [0, 0.1) is 12.8 Å². The van der Waals surface area contributed by atoms with Crippen LogP contribution < -0.4 is 4.90 Å². The molecule has 232 valence electrons. The van der Waals surface area contributed by atoms with Gasteiger partial charge >= 0.3 is 0 Å². The summed E-state index contributed by atoms with van der Waals surface area (Å²) in [7, 11) is 0. The van der Waals surface area contributed by atoms with E-state index in [0.29, 0.717) is 25.6 Å². The highest BCUT2D eigenvalue weighted by molar-refractivity contribution is 5.97. The third-order valence-corrected chi connectivity index (χ3v) is 8.23. The van der Waals surface area contributed by atoms with Crippen LogP contribution in [0.15, 0.2) is 115 Å². The highest BCUT2D eigenvalue weighted by Crippen LogP contribution is 2.38. The Bertz CT molecular complexity index is 1670. The Morgan fingerprint density at radius 1 is 1.11 bits per heavy atom. The van der Waals surface area contributed by atoms with Crippen molar-refractivity contribution in [2.45, 2.75) is 72.6 Å². The second kappa shape index (κ2) is 14.8. The van der Waals surface area contributed by atoms with Gasteiger partial charge in [-0.1, -0.05) is 62.9 Å². The van der Waals surface area contributed by atoms with E-state index in [4.69, 9.17) is 9.72 Å². The van der Waals surface area contributed by atoms with Gasteiger partial charge in [-0.3, -0.25) is 19.4 Å². The van der Waals surface area contributed by atoms with Gasteiger partial charge in [0.15, 0.2) is 0 Å². The number of anilines is 1. The molecule has 1 aliphatic rings. The fraction of sp³-hybridized carbons (Fsp3) is 0.316. The molecule has 7 heteroatoms. The van der Waals surface area contributed by atoms with Crippen LogP contribution >= 0.6 is 0 Å². The van der Waals surface area contributed by atoms with Crippen LogP contribution in [0.25, 0.3) is 0 Å². The number of nitrogens with zero attached hydrogens (tertiary/aromatic N) is 5. The molecule has 1 aromatic carbocycles. The summed E-state index contributed by atoms with van der Waals surface area (Å²) in [6.45, 7) is 13.7. The Hall–Kier alpha value is -4.78. The molecule has 1 atom stereocenters. The number of allylic oxidation sites excluding steroid dienone is 4. The fourth-order valence-electron chi connectivity index (χ4n) is 5.82. The Balaban J connectivity index is 1.43. The summed E-state index contributed by atoms with van der Waals surface area (Å²) in [5.41, 5.74) is 7.97. The molecule has 7 nitrogen and oxygen atoms in total. The van der Waals surface area contributed by atoms with Crippen molar-refractivity contribution in [1.82, 2.24) is 19.7 Å². The average Bonchev–Trinajstić information content (AvgIpc) is 3.49. The first kappa shape index (κ1) is 31.6. The molecule has 45 heavy (non-hydrogen) atoms. The lowest BCUT2D eigenvalue weighted by Crippen LogP contribution is -2.38. The first-order valence-corrected chi connectivity index (χ1v) is 15.7. The van der Waals surface area contributed by atoms with E-state index >= 15 is 0 Å². The minimum atomic E-state index is -0.335. The van der Waals surface area contributed by atoms with E-state index in [2.05, 4.69) is 55.6 Å². The van der Waals surface area contributed by atoms with Crippen LogP contribution in [0.4, 0.5) is 5.69 Å². The van der Waals surface area contributed by atoms with E-state index < -0.39 is 0 Å². The quantitative estimate of drug-likeness (QED) is 0.163. The van der Waals surface area contributed by atoms with Gasteiger partial charge in [-0.05, 0) is 85.6 Å². The van der Waals surface area contributed by atoms with Crippen molar-refractivity contribution >= 4 is 11.6 Å². The minimum absolute atomic E-state index is 0.0309. The highest BCUT2D eigenvalue weighted by atomic mass is 16.5. The first-order chi connectivity index (χ1) is 21.8. The molecular weight excluding hydrogens is 558 g/mol. The maximum absolute atomic E-state index is 14.6. The number of pyridine rings is 2. The van der Waals surface area contributed by atoms with Gasteiger partial charge in [0.05, 0.1) is 48.5 Å². The largest absolute Gasteiger partial charge is 0.493 e. The molecule has 1 unspecified atom stereocenters. The summed E-state index contributed by atoms with van der Waals surface area (Å²) in [5.74, 6) is 0.843. The van der Waals surface area contributed by atoms with Crippen molar-refractivity contribution in [1.29, 1.82) is 0 Å². The van der Waals surface area contributed by atoms with Gasteiger partial charge < -0.3 is 9.64 Å². The number of carbonyl (C=O) groups is 1. The molecule has 0 aliphatic heterocycles. The van der Waals surface area contributed by atoms with Crippen LogP contribution in [-0.4, -0.2) is 25.7 Å². The van der Waals surface area contributed by atoms with Crippen molar-refractivity contribution < 1.29 is 9.53 Å². The van der Waals surface area contributed by atoms with Gasteiger partial charge in [0.2, 0.25) is 5.91 Å². The lowest BCUT2D eigenvalue weighted by atomic mass is 9.78. The number of ether oxygens (including phenoxy) is 1. The van der Waals surface area contributed by atoms with Crippen molar-refractivity contribution in [3.05, 3.63) is 143 Å². The van der Waals surface area contributed by atoms with Gasteiger partial charge in [0, 0.05) is 23.7 Å². The molecule has 1 amide bonds. The normalized spacial score (nSPS) is 16.9. The van der Waals surface area contributed by atoms with E-state index in [1.165, 1.54) is 0 Å². The van der Waals surface area contributed by atoms with Crippen LogP contribution in [-0.2, 0) is 29.2 Å². The Morgan fingerprint density at radius 2 is 1.93 bits per heavy atom. The van der Waals surface area contributed by atoms with Gasteiger partial charge in [0.25, 0.3) is 0 Å². The molecule has 0 saturated heterocycles. The summed E-state index contributed by atoms with van der Waals surface area (Å²) < 4.78 is 8.13. The van der Waals surface area contributed by atoms with Gasteiger partial charge in [-0.25, -0.2) is 0 Å². The molecule has 4 aromatic rings. The molecule has 5 rings (SSSR count). The van der Waals surface area contributed by atoms with Gasteiger partial charge in [0.1, 0.15) is 6.61 Å². The van der Waals surface area contributed by atoms with Crippen molar-refractivity contribution in [2.75, 3.05) is 4.90 Å². The monoisotopic (exact) mass is 601 g/mol. The predicted molar refractivity (Wildman–Crippen MR) is 179 cm³/mol. The summed E-state index contributed by atoms with van der Waals surface area (Å²) in [4.78, 5) is 25.7. The second-order valence-corrected chi connectivity index (χ2v) is 12.0. The molecule has 0 radical (unpaired) electrons. The third kappa shape index (κ3) is 8.04. The van der Waals surface area contributed by atoms with Crippen molar-refractivity contribution in [3.63, 3.8) is 0 Å². The zero-order valence-electron chi connectivity index (χ0n) is 26.8. The molecule has 0 spiro atoms. The summed E-state index contributed by atoms with van der Waals surface area (Å²) in [5, 5.41) is 4.60. The Morgan fingerprint density at radius 3 is 2.64 bits per heavy atom. The molecule has 1 fully saturated rings. The zero-order valence-corrected chi connectivity index (χ0v) is 26.8. The number of benzene rings is 1. The number of amides is 1. The molecule has 3 heterocycles.